The van der Waals surface area contributed by atoms with Crippen LogP contribution in [0.5, 0.6) is 0 Å². The molecule has 4 heteroatoms. The molecule has 2 aliphatic heterocycles. The molecule has 0 spiro atoms. The van der Waals surface area contributed by atoms with Gasteiger partial charge in [0, 0.05) is 12.8 Å². The summed E-state index contributed by atoms with van der Waals surface area (Å²) in [5, 5.41) is 0. The number of carbonyl (C=O) groups excluding carboxylic acids is 2. The molecule has 0 N–H and O–H groups in total. The van der Waals surface area contributed by atoms with Crippen LogP contribution < -0.4 is 0 Å². The Morgan fingerprint density at radius 2 is 1.25 bits per heavy atom. The average molecular weight is 228 g/mol. The molecule has 0 aromatic rings. The van der Waals surface area contributed by atoms with Gasteiger partial charge in [0.1, 0.15) is 0 Å². The molecular weight excluding hydrogens is 208 g/mol. The Hall–Kier alpha value is -1.06. The van der Waals surface area contributed by atoms with Gasteiger partial charge in [-0.15, -0.1) is 0 Å². The summed E-state index contributed by atoms with van der Waals surface area (Å²) in [7, 11) is 0. The van der Waals surface area contributed by atoms with Crippen molar-refractivity contribution in [3.63, 3.8) is 0 Å². The number of hydrogen-bond acceptors (Lipinski definition) is 4. The van der Waals surface area contributed by atoms with Crippen molar-refractivity contribution < 1.29 is 19.1 Å². The van der Waals surface area contributed by atoms with E-state index in [2.05, 4.69) is 0 Å². The highest BCUT2D eigenvalue weighted by Crippen LogP contribution is 2.12. The summed E-state index contributed by atoms with van der Waals surface area (Å²) in [5.41, 5.74) is 0. The normalized spacial score (nSPS) is 29.6. The molecule has 4 nitrogen and oxygen atoms in total. The van der Waals surface area contributed by atoms with E-state index in [0.717, 1.165) is 25.7 Å². The van der Waals surface area contributed by atoms with Gasteiger partial charge in [-0.3, -0.25) is 9.59 Å². The Labute approximate surface area is 96.3 Å². The second kappa shape index (κ2) is 6.51. The highest BCUT2D eigenvalue weighted by molar-refractivity contribution is 5.70. The Balaban J connectivity index is 0.000000160. The predicted molar refractivity (Wildman–Crippen MR) is 58.8 cm³/mol. The van der Waals surface area contributed by atoms with Gasteiger partial charge >= 0.3 is 11.9 Å². The van der Waals surface area contributed by atoms with Crippen LogP contribution in [0.2, 0.25) is 0 Å². The van der Waals surface area contributed by atoms with Crippen molar-refractivity contribution in [3.05, 3.63) is 0 Å². The summed E-state index contributed by atoms with van der Waals surface area (Å²) in [6.07, 6.45) is 5.62. The summed E-state index contributed by atoms with van der Waals surface area (Å²) in [6, 6.07) is 0. The van der Waals surface area contributed by atoms with Gasteiger partial charge in [-0.25, -0.2) is 0 Å². The number of esters is 2. The van der Waals surface area contributed by atoms with Gasteiger partial charge in [0.05, 0.1) is 12.2 Å². The van der Waals surface area contributed by atoms with Crippen molar-refractivity contribution in [1.82, 2.24) is 0 Å². The summed E-state index contributed by atoms with van der Waals surface area (Å²) in [4.78, 5) is 20.9. The lowest BCUT2D eigenvalue weighted by molar-refractivity contribution is -0.153. The van der Waals surface area contributed by atoms with Crippen LogP contribution in [-0.4, -0.2) is 24.1 Å². The number of ether oxygens (including phenoxy) is 2. The molecule has 2 fully saturated rings. The molecule has 0 aliphatic carbocycles. The number of carbonyl (C=O) groups is 2. The van der Waals surface area contributed by atoms with E-state index < -0.39 is 0 Å². The van der Waals surface area contributed by atoms with Crippen LogP contribution in [0.3, 0.4) is 0 Å². The maximum absolute atomic E-state index is 10.5. The fourth-order valence-electron chi connectivity index (χ4n) is 1.75. The summed E-state index contributed by atoms with van der Waals surface area (Å²) >= 11 is 0. The Morgan fingerprint density at radius 1 is 0.875 bits per heavy atom. The van der Waals surface area contributed by atoms with E-state index in [1.807, 2.05) is 13.8 Å². The fourth-order valence-corrected chi connectivity index (χ4v) is 1.75. The van der Waals surface area contributed by atoms with Gasteiger partial charge in [-0.2, -0.15) is 0 Å². The molecule has 2 atom stereocenters. The van der Waals surface area contributed by atoms with E-state index in [0.29, 0.717) is 12.8 Å². The monoisotopic (exact) mass is 228 g/mol. The summed E-state index contributed by atoms with van der Waals surface area (Å²) in [6.45, 7) is 3.86. The van der Waals surface area contributed by atoms with Gasteiger partial charge in [0.25, 0.3) is 0 Å². The van der Waals surface area contributed by atoms with Crippen molar-refractivity contribution in [1.29, 1.82) is 0 Å². The van der Waals surface area contributed by atoms with Crippen molar-refractivity contribution in [2.45, 2.75) is 64.6 Å². The molecule has 16 heavy (non-hydrogen) atoms. The molecule has 2 saturated heterocycles. The van der Waals surface area contributed by atoms with Gasteiger partial charge < -0.3 is 9.47 Å². The minimum atomic E-state index is -0.0382. The standard InChI is InChI=1S/2C6H10O2/c2*1-5-3-2-4-6(7)8-5/h2*5H,2-4H2,1H3. The van der Waals surface area contributed by atoms with Crippen LogP contribution in [0.25, 0.3) is 0 Å². The Morgan fingerprint density at radius 3 is 1.44 bits per heavy atom. The van der Waals surface area contributed by atoms with Gasteiger partial charge in [-0.05, 0) is 39.5 Å². The third-order valence-electron chi connectivity index (χ3n) is 2.65. The minimum absolute atomic E-state index is 0.0382. The van der Waals surface area contributed by atoms with E-state index in [-0.39, 0.29) is 24.1 Å². The fraction of sp³-hybridized carbons (Fsp3) is 0.833. The second-order valence-corrected chi connectivity index (χ2v) is 4.39. The molecule has 2 heterocycles. The first-order chi connectivity index (χ1) is 7.58. The number of rotatable bonds is 0. The summed E-state index contributed by atoms with van der Waals surface area (Å²) < 4.78 is 9.69. The zero-order chi connectivity index (χ0) is 12.0. The molecule has 92 valence electrons. The van der Waals surface area contributed by atoms with Crippen LogP contribution in [0.4, 0.5) is 0 Å². The highest BCUT2D eigenvalue weighted by Gasteiger charge is 2.15. The highest BCUT2D eigenvalue weighted by atomic mass is 16.5. The molecule has 2 aliphatic rings. The molecule has 2 unspecified atom stereocenters. The van der Waals surface area contributed by atoms with E-state index in [9.17, 15) is 9.59 Å². The van der Waals surface area contributed by atoms with Crippen LogP contribution in [-0.2, 0) is 19.1 Å². The quantitative estimate of drug-likeness (QED) is 0.596. The van der Waals surface area contributed by atoms with Crippen molar-refractivity contribution in [2.75, 3.05) is 0 Å². The zero-order valence-electron chi connectivity index (χ0n) is 10.0. The number of hydrogen-bond donors (Lipinski definition) is 0. The lowest BCUT2D eigenvalue weighted by Crippen LogP contribution is -2.19. The van der Waals surface area contributed by atoms with Crippen LogP contribution in [0.15, 0.2) is 0 Å². The maximum atomic E-state index is 10.5. The molecule has 0 radical (unpaired) electrons. The van der Waals surface area contributed by atoms with E-state index in [1.165, 1.54) is 0 Å². The Bertz CT molecular complexity index is 223. The lowest BCUT2D eigenvalue weighted by Gasteiger charge is -2.17. The SMILES string of the molecule is CC1CCCC(=O)O1.CC1CCCC(=O)O1. The van der Waals surface area contributed by atoms with Crippen LogP contribution >= 0.6 is 0 Å². The maximum Gasteiger partial charge on any atom is 0.306 e. The first-order valence-electron chi connectivity index (χ1n) is 5.97. The molecule has 0 aromatic carbocycles. The molecule has 2 rings (SSSR count). The minimum Gasteiger partial charge on any atom is -0.463 e. The third kappa shape index (κ3) is 5.14. The molecule has 0 amide bonds. The first kappa shape index (κ1) is 13.0. The zero-order valence-corrected chi connectivity index (χ0v) is 10.0. The first-order valence-corrected chi connectivity index (χ1v) is 5.97. The van der Waals surface area contributed by atoms with Gasteiger partial charge in [0.15, 0.2) is 0 Å². The van der Waals surface area contributed by atoms with E-state index >= 15 is 0 Å². The van der Waals surface area contributed by atoms with Crippen molar-refractivity contribution >= 4 is 11.9 Å². The van der Waals surface area contributed by atoms with Gasteiger partial charge in [-0.1, -0.05) is 0 Å². The van der Waals surface area contributed by atoms with E-state index in [1.54, 1.807) is 0 Å². The van der Waals surface area contributed by atoms with Crippen molar-refractivity contribution in [3.8, 4) is 0 Å². The molecule has 0 bridgehead atoms. The topological polar surface area (TPSA) is 52.6 Å². The summed E-state index contributed by atoms with van der Waals surface area (Å²) in [5.74, 6) is -0.0764. The van der Waals surface area contributed by atoms with Gasteiger partial charge in [0.2, 0.25) is 0 Å². The van der Waals surface area contributed by atoms with Crippen LogP contribution in [0.1, 0.15) is 52.4 Å². The lowest BCUT2D eigenvalue weighted by atomic mass is 10.1. The molecular formula is C12H20O4. The molecule has 0 aromatic heterocycles. The average Bonchev–Trinajstić information content (AvgIpc) is 2.17. The van der Waals surface area contributed by atoms with E-state index in [4.69, 9.17) is 9.47 Å². The second-order valence-electron chi connectivity index (χ2n) is 4.39. The predicted octanol–water partition coefficient (Wildman–Crippen LogP) is 2.20. The third-order valence-corrected chi connectivity index (χ3v) is 2.65. The Kier molecular flexibility index (Phi) is 5.29. The smallest absolute Gasteiger partial charge is 0.306 e. The van der Waals surface area contributed by atoms with Crippen molar-refractivity contribution in [2.24, 2.45) is 0 Å². The molecule has 0 saturated carbocycles. The largest absolute Gasteiger partial charge is 0.463 e. The number of cyclic esters (lactones) is 2. The van der Waals surface area contributed by atoms with Crippen LogP contribution in [0, 0.1) is 0 Å².